The third-order valence-electron chi connectivity index (χ3n) is 12.1. The molecule has 4 aromatic heterocycles. The van der Waals surface area contributed by atoms with E-state index >= 15 is 0 Å². The lowest BCUT2D eigenvalue weighted by Crippen LogP contribution is -2.02. The molecule has 4 heterocycles. The van der Waals surface area contributed by atoms with Gasteiger partial charge in [0.05, 0.1) is 27.8 Å². The number of benzene rings is 9. The van der Waals surface area contributed by atoms with Gasteiger partial charge in [-0.3, -0.25) is 0 Å². The highest BCUT2D eigenvalue weighted by Crippen LogP contribution is 2.42. The van der Waals surface area contributed by atoms with Crippen LogP contribution < -0.4 is 0 Å². The molecule has 0 aliphatic rings. The fraction of sp³-hybridized carbons (Fsp3) is 0. The standard InChI is InChI=1S/C55H33N5O/c1-3-15-34(16-4-1)53-56-54(37-27-28-48-43(30-37)40-21-9-12-24-46(40)59(48)38-19-5-2-6-20-38)58-55(57-53)45-32-39(33-51-52(45)42-23-11-14-26-50(42)61-51)60-47-25-13-10-22-41(47)44-29-35-17-7-8-18-36(35)31-49(44)60/h1-33H. The first-order chi connectivity index (χ1) is 30.2. The van der Waals surface area contributed by atoms with Gasteiger partial charge in [-0.15, -0.1) is 0 Å². The molecule has 0 saturated carbocycles. The molecule has 284 valence electrons. The molecule has 13 aromatic rings. The minimum atomic E-state index is 0.570. The van der Waals surface area contributed by atoms with Crippen molar-refractivity contribution in [1.29, 1.82) is 0 Å². The summed E-state index contributed by atoms with van der Waals surface area (Å²) in [5.74, 6) is 1.76. The Bertz CT molecular complexity index is 3880. The third-order valence-corrected chi connectivity index (χ3v) is 12.1. The molecule has 13 rings (SSSR count). The maximum atomic E-state index is 6.72. The highest BCUT2D eigenvalue weighted by molar-refractivity contribution is 6.16. The predicted octanol–water partition coefficient (Wildman–Crippen LogP) is 14.1. The zero-order valence-electron chi connectivity index (χ0n) is 32.7. The Hall–Kier alpha value is -8.35. The van der Waals surface area contributed by atoms with Gasteiger partial charge in [0, 0.05) is 60.8 Å². The van der Waals surface area contributed by atoms with Gasteiger partial charge in [0.15, 0.2) is 17.5 Å². The van der Waals surface area contributed by atoms with Crippen LogP contribution in [0.4, 0.5) is 0 Å². The number of hydrogen-bond donors (Lipinski definition) is 0. The third kappa shape index (κ3) is 5.19. The summed E-state index contributed by atoms with van der Waals surface area (Å²) in [6, 6.07) is 70.3. The highest BCUT2D eigenvalue weighted by Gasteiger charge is 2.22. The van der Waals surface area contributed by atoms with Crippen molar-refractivity contribution in [2.24, 2.45) is 0 Å². The molecular formula is C55H33N5O. The average molecular weight is 780 g/mol. The van der Waals surface area contributed by atoms with Gasteiger partial charge in [-0.1, -0.05) is 127 Å². The van der Waals surface area contributed by atoms with Crippen LogP contribution in [0.3, 0.4) is 0 Å². The van der Waals surface area contributed by atoms with E-state index in [1.54, 1.807) is 0 Å². The summed E-state index contributed by atoms with van der Waals surface area (Å²) in [5.41, 5.74) is 10.8. The van der Waals surface area contributed by atoms with Crippen LogP contribution in [0.2, 0.25) is 0 Å². The summed E-state index contributed by atoms with van der Waals surface area (Å²) in [7, 11) is 0. The lowest BCUT2D eigenvalue weighted by atomic mass is 10.0. The molecule has 6 nitrogen and oxygen atoms in total. The summed E-state index contributed by atoms with van der Waals surface area (Å²) in [4.78, 5) is 15.9. The van der Waals surface area contributed by atoms with Crippen LogP contribution in [0.1, 0.15) is 0 Å². The molecule has 0 radical (unpaired) electrons. The van der Waals surface area contributed by atoms with E-state index in [9.17, 15) is 0 Å². The maximum absolute atomic E-state index is 6.72. The van der Waals surface area contributed by atoms with Gasteiger partial charge < -0.3 is 13.6 Å². The molecule has 0 N–H and O–H groups in total. The number of hydrogen-bond acceptors (Lipinski definition) is 4. The van der Waals surface area contributed by atoms with Crippen LogP contribution in [0, 0.1) is 0 Å². The van der Waals surface area contributed by atoms with Gasteiger partial charge in [0.2, 0.25) is 0 Å². The molecule has 0 saturated heterocycles. The van der Waals surface area contributed by atoms with Crippen molar-refractivity contribution >= 4 is 76.3 Å². The summed E-state index contributed by atoms with van der Waals surface area (Å²) in [6.07, 6.45) is 0. The molecule has 0 atom stereocenters. The molecule has 0 amide bonds. The van der Waals surface area contributed by atoms with E-state index in [-0.39, 0.29) is 0 Å². The quantitative estimate of drug-likeness (QED) is 0.175. The number of furan rings is 1. The largest absolute Gasteiger partial charge is 0.456 e. The summed E-state index contributed by atoms with van der Waals surface area (Å²) in [6.45, 7) is 0. The molecule has 9 aromatic carbocycles. The molecule has 0 bridgehead atoms. The molecule has 0 spiro atoms. The number of rotatable bonds is 5. The first-order valence-corrected chi connectivity index (χ1v) is 20.5. The van der Waals surface area contributed by atoms with Gasteiger partial charge in [0.25, 0.3) is 0 Å². The minimum Gasteiger partial charge on any atom is -0.456 e. The molecule has 0 aliphatic carbocycles. The van der Waals surface area contributed by atoms with E-state index < -0.39 is 0 Å². The average Bonchev–Trinajstić information content (AvgIpc) is 3.98. The summed E-state index contributed by atoms with van der Waals surface area (Å²) in [5, 5.41) is 9.03. The van der Waals surface area contributed by atoms with E-state index in [0.29, 0.717) is 17.5 Å². The maximum Gasteiger partial charge on any atom is 0.164 e. The Kier molecular flexibility index (Phi) is 7.21. The molecule has 61 heavy (non-hydrogen) atoms. The van der Waals surface area contributed by atoms with Crippen LogP contribution in [-0.2, 0) is 0 Å². The lowest BCUT2D eigenvalue weighted by molar-refractivity contribution is 0.668. The lowest BCUT2D eigenvalue weighted by Gasteiger charge is -2.13. The Labute approximate surface area is 349 Å². The number of nitrogens with zero attached hydrogens (tertiary/aromatic N) is 5. The SMILES string of the molecule is c1ccc(-c2nc(-c3ccc4c(c3)c3ccccc3n4-c3ccccc3)nc(-c3cc(-n4c5ccccc5c5cc6ccccc6cc54)cc4oc5ccccc5c34)n2)cc1. The molecule has 0 fully saturated rings. The van der Waals surface area contributed by atoms with E-state index in [1.807, 2.05) is 30.3 Å². The molecule has 0 unspecified atom stereocenters. The van der Waals surface area contributed by atoms with Crippen LogP contribution in [0.15, 0.2) is 205 Å². The van der Waals surface area contributed by atoms with E-state index in [0.717, 1.165) is 77.5 Å². The molecular weight excluding hydrogens is 747 g/mol. The summed E-state index contributed by atoms with van der Waals surface area (Å²) < 4.78 is 11.4. The number of para-hydroxylation sites is 4. The zero-order chi connectivity index (χ0) is 40.0. The van der Waals surface area contributed by atoms with Crippen molar-refractivity contribution in [3.05, 3.63) is 200 Å². The Morgan fingerprint density at radius 1 is 0.328 bits per heavy atom. The van der Waals surface area contributed by atoms with Gasteiger partial charge in [-0.25, -0.2) is 15.0 Å². The Morgan fingerprint density at radius 3 is 1.64 bits per heavy atom. The Morgan fingerprint density at radius 2 is 0.885 bits per heavy atom. The van der Waals surface area contributed by atoms with Crippen LogP contribution >= 0.6 is 0 Å². The van der Waals surface area contributed by atoms with Gasteiger partial charge in [-0.2, -0.15) is 0 Å². The fourth-order valence-electron chi connectivity index (χ4n) is 9.39. The van der Waals surface area contributed by atoms with Crippen molar-refractivity contribution in [2.75, 3.05) is 0 Å². The second kappa shape index (κ2) is 13.1. The zero-order valence-corrected chi connectivity index (χ0v) is 32.7. The number of fused-ring (bicyclic) bond motifs is 10. The van der Waals surface area contributed by atoms with Gasteiger partial charge in [0.1, 0.15) is 11.2 Å². The smallest absolute Gasteiger partial charge is 0.164 e. The topological polar surface area (TPSA) is 61.7 Å². The van der Waals surface area contributed by atoms with Crippen molar-refractivity contribution in [1.82, 2.24) is 24.1 Å². The van der Waals surface area contributed by atoms with Crippen molar-refractivity contribution in [3.63, 3.8) is 0 Å². The van der Waals surface area contributed by atoms with E-state index in [4.69, 9.17) is 19.4 Å². The van der Waals surface area contributed by atoms with Crippen LogP contribution in [0.5, 0.6) is 0 Å². The second-order valence-electron chi connectivity index (χ2n) is 15.6. The van der Waals surface area contributed by atoms with Crippen LogP contribution in [-0.4, -0.2) is 24.1 Å². The fourth-order valence-corrected chi connectivity index (χ4v) is 9.39. The van der Waals surface area contributed by atoms with Crippen LogP contribution in [0.25, 0.3) is 122 Å². The predicted molar refractivity (Wildman–Crippen MR) is 250 cm³/mol. The van der Waals surface area contributed by atoms with Gasteiger partial charge in [-0.05, 0) is 77.5 Å². The van der Waals surface area contributed by atoms with Crippen molar-refractivity contribution in [3.8, 4) is 45.5 Å². The van der Waals surface area contributed by atoms with Crippen molar-refractivity contribution in [2.45, 2.75) is 0 Å². The normalized spacial score (nSPS) is 11.9. The van der Waals surface area contributed by atoms with Crippen molar-refractivity contribution < 1.29 is 4.42 Å². The highest BCUT2D eigenvalue weighted by atomic mass is 16.3. The van der Waals surface area contributed by atoms with E-state index in [2.05, 4.69) is 179 Å². The first kappa shape index (κ1) is 33.6. The Balaban J connectivity index is 1.09. The molecule has 6 heteroatoms. The second-order valence-corrected chi connectivity index (χ2v) is 15.6. The minimum absolute atomic E-state index is 0.570. The number of aromatic nitrogens is 5. The summed E-state index contributed by atoms with van der Waals surface area (Å²) >= 11 is 0. The van der Waals surface area contributed by atoms with Gasteiger partial charge >= 0.3 is 0 Å². The molecule has 0 aliphatic heterocycles. The first-order valence-electron chi connectivity index (χ1n) is 20.5. The monoisotopic (exact) mass is 779 g/mol. The van der Waals surface area contributed by atoms with E-state index in [1.165, 1.54) is 26.9 Å².